The largest absolute Gasteiger partial charge is 0.414 e. The molecule has 1 aromatic carbocycles. The van der Waals surface area contributed by atoms with E-state index in [1.165, 1.54) is 0 Å². The lowest BCUT2D eigenvalue weighted by Gasteiger charge is -2.25. The SMILES string of the molecule is CN1CCCN(c2ccc(NC(=O)C(C)(C)NC(=O)Oc3ccc(Cl)s3)cc2)CC1. The third-order valence-electron chi connectivity index (χ3n) is 4.93. The number of halogens is 1. The van der Waals surface area contributed by atoms with E-state index >= 15 is 0 Å². The molecule has 0 saturated carbocycles. The Kier molecular flexibility index (Phi) is 7.23. The molecule has 9 heteroatoms. The molecule has 3 rings (SSSR count). The lowest BCUT2D eigenvalue weighted by molar-refractivity contribution is -0.121. The van der Waals surface area contributed by atoms with Gasteiger partial charge in [-0.05, 0) is 70.3 Å². The third-order valence-corrected chi connectivity index (χ3v) is 6.04. The van der Waals surface area contributed by atoms with Crippen LogP contribution in [0.5, 0.6) is 5.06 Å². The summed E-state index contributed by atoms with van der Waals surface area (Å²) in [5, 5.41) is 5.80. The van der Waals surface area contributed by atoms with E-state index in [0.29, 0.717) is 15.1 Å². The van der Waals surface area contributed by atoms with Gasteiger partial charge in [0.15, 0.2) is 5.06 Å². The van der Waals surface area contributed by atoms with E-state index in [1.807, 2.05) is 24.3 Å². The van der Waals surface area contributed by atoms with Crippen molar-refractivity contribution in [3.8, 4) is 5.06 Å². The van der Waals surface area contributed by atoms with Crippen LogP contribution in [0, 0.1) is 0 Å². The number of thiophene rings is 1. The van der Waals surface area contributed by atoms with Gasteiger partial charge in [-0.3, -0.25) is 4.79 Å². The highest BCUT2D eigenvalue weighted by Gasteiger charge is 2.30. The summed E-state index contributed by atoms with van der Waals surface area (Å²) in [7, 11) is 2.14. The first-order chi connectivity index (χ1) is 14.2. The van der Waals surface area contributed by atoms with Gasteiger partial charge in [-0.2, -0.15) is 0 Å². The predicted molar refractivity (Wildman–Crippen MR) is 122 cm³/mol. The minimum absolute atomic E-state index is 0.340. The number of nitrogens with one attached hydrogen (secondary N) is 2. The van der Waals surface area contributed by atoms with Gasteiger partial charge in [-0.25, -0.2) is 4.79 Å². The van der Waals surface area contributed by atoms with Gasteiger partial charge in [0.25, 0.3) is 0 Å². The number of benzene rings is 1. The lowest BCUT2D eigenvalue weighted by atomic mass is 10.0. The molecule has 0 radical (unpaired) electrons. The zero-order valence-electron chi connectivity index (χ0n) is 17.4. The van der Waals surface area contributed by atoms with Crippen LogP contribution in [-0.4, -0.2) is 55.7 Å². The molecule has 1 fully saturated rings. The molecular formula is C21H27ClN4O3S. The summed E-state index contributed by atoms with van der Waals surface area (Å²) < 4.78 is 5.69. The summed E-state index contributed by atoms with van der Waals surface area (Å²) in [4.78, 5) is 29.5. The molecule has 0 bridgehead atoms. The molecule has 2 amide bonds. The molecule has 2 aromatic rings. The van der Waals surface area contributed by atoms with Gasteiger partial charge in [0, 0.05) is 31.0 Å². The fraction of sp³-hybridized carbons (Fsp3) is 0.429. The van der Waals surface area contributed by atoms with Crippen LogP contribution in [0.3, 0.4) is 0 Å². The van der Waals surface area contributed by atoms with Crippen LogP contribution in [-0.2, 0) is 4.79 Å². The summed E-state index contributed by atoms with van der Waals surface area (Å²) in [5.41, 5.74) is 0.648. The molecule has 30 heavy (non-hydrogen) atoms. The maximum absolute atomic E-state index is 12.7. The molecule has 0 aliphatic carbocycles. The number of rotatable bonds is 5. The first kappa shape index (κ1) is 22.4. The van der Waals surface area contributed by atoms with Gasteiger partial charge in [-0.1, -0.05) is 22.9 Å². The number of carbonyl (C=O) groups excluding carboxylic acids is 2. The van der Waals surface area contributed by atoms with Crippen LogP contribution in [0.4, 0.5) is 16.2 Å². The number of hydrogen-bond acceptors (Lipinski definition) is 6. The zero-order chi connectivity index (χ0) is 21.7. The molecule has 7 nitrogen and oxygen atoms in total. The molecule has 0 unspecified atom stereocenters. The maximum atomic E-state index is 12.7. The number of carbonyl (C=O) groups is 2. The highest BCUT2D eigenvalue weighted by atomic mass is 35.5. The fourth-order valence-electron chi connectivity index (χ4n) is 3.13. The van der Waals surface area contributed by atoms with Crippen molar-refractivity contribution in [2.45, 2.75) is 25.8 Å². The quantitative estimate of drug-likeness (QED) is 0.718. The minimum Gasteiger partial charge on any atom is -0.399 e. The number of amides is 2. The van der Waals surface area contributed by atoms with Gasteiger partial charge in [-0.15, -0.1) is 0 Å². The van der Waals surface area contributed by atoms with E-state index in [-0.39, 0.29) is 5.91 Å². The summed E-state index contributed by atoms with van der Waals surface area (Å²) >= 11 is 6.97. The molecule has 1 aliphatic heterocycles. The van der Waals surface area contributed by atoms with Gasteiger partial charge in [0.1, 0.15) is 5.54 Å². The molecule has 1 saturated heterocycles. The van der Waals surface area contributed by atoms with E-state index in [9.17, 15) is 9.59 Å². The second-order valence-electron chi connectivity index (χ2n) is 7.84. The van der Waals surface area contributed by atoms with E-state index < -0.39 is 11.6 Å². The fourth-order valence-corrected chi connectivity index (χ4v) is 4.00. The Balaban J connectivity index is 1.55. The Morgan fingerprint density at radius 1 is 1.07 bits per heavy atom. The van der Waals surface area contributed by atoms with Crippen molar-refractivity contribution in [2.75, 3.05) is 43.4 Å². The van der Waals surface area contributed by atoms with Crippen molar-refractivity contribution in [2.24, 2.45) is 0 Å². The van der Waals surface area contributed by atoms with Crippen LogP contribution in [0.25, 0.3) is 0 Å². The highest BCUT2D eigenvalue weighted by molar-refractivity contribution is 7.17. The average molecular weight is 451 g/mol. The smallest absolute Gasteiger partial charge is 0.399 e. The average Bonchev–Trinajstić information content (AvgIpc) is 2.96. The van der Waals surface area contributed by atoms with E-state index in [0.717, 1.165) is 49.6 Å². The summed E-state index contributed by atoms with van der Waals surface area (Å²) in [6.07, 6.45) is 0.415. The van der Waals surface area contributed by atoms with E-state index in [1.54, 1.807) is 26.0 Å². The first-order valence-electron chi connectivity index (χ1n) is 9.83. The molecule has 162 valence electrons. The third kappa shape index (κ3) is 6.10. The number of hydrogen-bond donors (Lipinski definition) is 2. The number of nitrogens with zero attached hydrogens (tertiary/aromatic N) is 2. The molecule has 2 heterocycles. The second-order valence-corrected chi connectivity index (χ2v) is 9.52. The van der Waals surface area contributed by atoms with Crippen LogP contribution >= 0.6 is 22.9 Å². The summed E-state index contributed by atoms with van der Waals surface area (Å²) in [6.45, 7) is 7.38. The van der Waals surface area contributed by atoms with Crippen molar-refractivity contribution in [1.82, 2.24) is 10.2 Å². The lowest BCUT2D eigenvalue weighted by Crippen LogP contribution is -2.53. The molecule has 1 aromatic heterocycles. The van der Waals surface area contributed by atoms with Crippen LogP contribution in [0.1, 0.15) is 20.3 Å². The molecule has 0 spiro atoms. The van der Waals surface area contributed by atoms with E-state index in [4.69, 9.17) is 16.3 Å². The standard InChI is InChI=1S/C21H27ClN4O3S/c1-21(2,24-20(28)29-18-10-9-17(22)30-18)19(27)23-15-5-7-16(8-6-15)26-12-4-11-25(3)13-14-26/h5-10H,4,11-14H2,1-3H3,(H,23,27)(H,24,28). The number of anilines is 2. The zero-order valence-corrected chi connectivity index (χ0v) is 19.0. The Morgan fingerprint density at radius 2 is 1.80 bits per heavy atom. The first-order valence-corrected chi connectivity index (χ1v) is 11.0. The molecular weight excluding hydrogens is 424 g/mol. The molecule has 1 aliphatic rings. The highest BCUT2D eigenvalue weighted by Crippen LogP contribution is 2.28. The van der Waals surface area contributed by atoms with Gasteiger partial charge < -0.3 is 25.2 Å². The van der Waals surface area contributed by atoms with Crippen molar-refractivity contribution < 1.29 is 14.3 Å². The Labute approximate surface area is 185 Å². The Bertz CT molecular complexity index is 885. The second kappa shape index (κ2) is 9.68. The predicted octanol–water partition coefficient (Wildman–Crippen LogP) is 4.05. The van der Waals surface area contributed by atoms with Gasteiger partial charge >= 0.3 is 6.09 Å². The normalized spacial score (nSPS) is 15.4. The van der Waals surface area contributed by atoms with Crippen LogP contribution in [0.2, 0.25) is 4.34 Å². The van der Waals surface area contributed by atoms with Gasteiger partial charge in [0.2, 0.25) is 5.91 Å². The van der Waals surface area contributed by atoms with Crippen LogP contribution < -0.4 is 20.3 Å². The van der Waals surface area contributed by atoms with E-state index in [2.05, 4.69) is 27.5 Å². The van der Waals surface area contributed by atoms with Crippen molar-refractivity contribution in [1.29, 1.82) is 0 Å². The number of ether oxygens (including phenoxy) is 1. The van der Waals surface area contributed by atoms with Crippen molar-refractivity contribution in [3.05, 3.63) is 40.7 Å². The Hall–Kier alpha value is -2.29. The summed E-state index contributed by atoms with van der Waals surface area (Å²) in [5.74, 6) is -0.340. The monoisotopic (exact) mass is 450 g/mol. The Morgan fingerprint density at radius 3 is 2.47 bits per heavy atom. The van der Waals surface area contributed by atoms with Crippen molar-refractivity contribution in [3.63, 3.8) is 0 Å². The molecule has 2 N–H and O–H groups in total. The maximum Gasteiger partial charge on any atom is 0.414 e. The number of likely N-dealkylation sites (N-methyl/N-ethyl adjacent to an activating group) is 1. The minimum atomic E-state index is -1.16. The van der Waals surface area contributed by atoms with Crippen molar-refractivity contribution >= 4 is 46.3 Å². The molecule has 0 atom stereocenters. The summed E-state index contributed by atoms with van der Waals surface area (Å²) in [6, 6.07) is 11.0. The van der Waals surface area contributed by atoms with Crippen LogP contribution in [0.15, 0.2) is 36.4 Å². The topological polar surface area (TPSA) is 73.9 Å². The van der Waals surface area contributed by atoms with Gasteiger partial charge in [0.05, 0.1) is 4.34 Å².